The number of hydrogen-bond acceptors (Lipinski definition) is 2. The number of nitrogens with two attached hydrogens (primary N) is 1. The van der Waals surface area contributed by atoms with Crippen LogP contribution in [-0.2, 0) is 4.79 Å². The lowest BCUT2D eigenvalue weighted by atomic mass is 9.78. The number of hydrogen-bond donors (Lipinski definition) is 2. The summed E-state index contributed by atoms with van der Waals surface area (Å²) in [5.41, 5.74) is 8.52. The third kappa shape index (κ3) is 3.57. The van der Waals surface area contributed by atoms with Crippen molar-refractivity contribution in [1.82, 2.24) is 0 Å². The van der Waals surface area contributed by atoms with Crippen LogP contribution in [0.5, 0.6) is 0 Å². The second-order valence-electron chi connectivity index (χ2n) is 6.00. The van der Waals surface area contributed by atoms with E-state index >= 15 is 0 Å². The summed E-state index contributed by atoms with van der Waals surface area (Å²) in [5.74, 6) is -0.428. The molecule has 3 unspecified atom stereocenters. The van der Waals surface area contributed by atoms with Crippen molar-refractivity contribution >= 4 is 5.97 Å². The van der Waals surface area contributed by atoms with Gasteiger partial charge in [0.15, 0.2) is 0 Å². The first-order valence-corrected chi connectivity index (χ1v) is 6.75. The second kappa shape index (κ2) is 5.74. The maximum Gasteiger partial charge on any atom is 0.323 e. The van der Waals surface area contributed by atoms with Crippen LogP contribution in [0.15, 0.2) is 18.2 Å². The van der Waals surface area contributed by atoms with Gasteiger partial charge in [-0.2, -0.15) is 0 Å². The molecule has 0 radical (unpaired) electrons. The molecule has 0 amide bonds. The minimum Gasteiger partial charge on any atom is -0.480 e. The SMILES string of the molecule is Cc1cccc(C)c1C(C)C(C)CC(C)(N)C(=O)O. The monoisotopic (exact) mass is 263 g/mol. The summed E-state index contributed by atoms with van der Waals surface area (Å²) < 4.78 is 0. The molecule has 0 fully saturated rings. The van der Waals surface area contributed by atoms with Crippen molar-refractivity contribution in [3.63, 3.8) is 0 Å². The quantitative estimate of drug-likeness (QED) is 0.857. The van der Waals surface area contributed by atoms with Gasteiger partial charge in [-0.25, -0.2) is 0 Å². The molecule has 0 aromatic heterocycles. The maximum atomic E-state index is 11.1. The van der Waals surface area contributed by atoms with Crippen LogP contribution in [0.25, 0.3) is 0 Å². The Hall–Kier alpha value is -1.35. The van der Waals surface area contributed by atoms with E-state index < -0.39 is 11.5 Å². The van der Waals surface area contributed by atoms with Gasteiger partial charge < -0.3 is 10.8 Å². The summed E-state index contributed by atoms with van der Waals surface area (Å²) in [7, 11) is 0. The molecule has 3 N–H and O–H groups in total. The van der Waals surface area contributed by atoms with Gasteiger partial charge in [-0.3, -0.25) is 4.79 Å². The van der Waals surface area contributed by atoms with Gasteiger partial charge in [-0.1, -0.05) is 32.0 Å². The van der Waals surface area contributed by atoms with Gasteiger partial charge in [0.05, 0.1) is 0 Å². The van der Waals surface area contributed by atoms with Crippen molar-refractivity contribution in [2.45, 2.75) is 52.5 Å². The Morgan fingerprint density at radius 1 is 1.32 bits per heavy atom. The van der Waals surface area contributed by atoms with Crippen LogP contribution in [0.2, 0.25) is 0 Å². The number of carboxylic acid groups (broad SMARTS) is 1. The van der Waals surface area contributed by atoms with E-state index in [0.29, 0.717) is 12.3 Å². The summed E-state index contributed by atoms with van der Waals surface area (Å²) in [4.78, 5) is 11.1. The third-order valence-electron chi connectivity index (χ3n) is 4.09. The highest BCUT2D eigenvalue weighted by atomic mass is 16.4. The molecule has 0 aliphatic carbocycles. The van der Waals surface area contributed by atoms with Gasteiger partial charge in [0.25, 0.3) is 0 Å². The molecule has 1 aromatic carbocycles. The van der Waals surface area contributed by atoms with Crippen LogP contribution in [0, 0.1) is 19.8 Å². The van der Waals surface area contributed by atoms with Gasteiger partial charge in [0, 0.05) is 0 Å². The fourth-order valence-corrected chi connectivity index (χ4v) is 2.76. The lowest BCUT2D eigenvalue weighted by Crippen LogP contribution is -2.46. The Bertz CT molecular complexity index is 446. The first-order valence-electron chi connectivity index (χ1n) is 6.75. The normalized spacial score (nSPS) is 17.6. The van der Waals surface area contributed by atoms with Crippen molar-refractivity contribution in [3.05, 3.63) is 34.9 Å². The van der Waals surface area contributed by atoms with Crippen molar-refractivity contribution in [2.24, 2.45) is 11.7 Å². The molecule has 3 heteroatoms. The molecule has 0 aliphatic rings. The molecular weight excluding hydrogens is 238 g/mol. The molecular formula is C16H25NO2. The highest BCUT2D eigenvalue weighted by Crippen LogP contribution is 2.33. The summed E-state index contributed by atoms with van der Waals surface area (Å²) in [6.07, 6.45) is 0.470. The van der Waals surface area contributed by atoms with Crippen LogP contribution in [0.4, 0.5) is 0 Å². The molecule has 3 atom stereocenters. The van der Waals surface area contributed by atoms with E-state index in [1.54, 1.807) is 6.92 Å². The highest BCUT2D eigenvalue weighted by molar-refractivity contribution is 5.77. The molecule has 3 nitrogen and oxygen atoms in total. The van der Waals surface area contributed by atoms with E-state index in [4.69, 9.17) is 10.8 Å². The number of aryl methyl sites for hydroxylation is 2. The lowest BCUT2D eigenvalue weighted by molar-refractivity contribution is -0.143. The molecule has 0 aliphatic heterocycles. The molecule has 106 valence electrons. The topological polar surface area (TPSA) is 63.3 Å². The predicted octanol–water partition coefficient (Wildman–Crippen LogP) is 3.24. The highest BCUT2D eigenvalue weighted by Gasteiger charge is 2.32. The van der Waals surface area contributed by atoms with E-state index in [0.717, 1.165) is 0 Å². The first-order chi connectivity index (χ1) is 8.66. The Labute approximate surface area is 115 Å². The Morgan fingerprint density at radius 2 is 1.79 bits per heavy atom. The van der Waals surface area contributed by atoms with Crippen LogP contribution in [0.1, 0.15) is 49.8 Å². The Balaban J connectivity index is 2.95. The average Bonchev–Trinajstić information content (AvgIpc) is 2.27. The predicted molar refractivity (Wildman–Crippen MR) is 78.3 cm³/mol. The molecule has 0 heterocycles. The van der Waals surface area contributed by atoms with Crippen molar-refractivity contribution < 1.29 is 9.90 Å². The zero-order chi connectivity index (χ0) is 14.8. The lowest BCUT2D eigenvalue weighted by Gasteiger charge is -2.29. The number of benzene rings is 1. The zero-order valence-corrected chi connectivity index (χ0v) is 12.5. The van der Waals surface area contributed by atoms with Crippen LogP contribution < -0.4 is 5.73 Å². The van der Waals surface area contributed by atoms with E-state index in [9.17, 15) is 4.79 Å². The molecule has 1 rings (SSSR count). The van der Waals surface area contributed by atoms with Crippen LogP contribution in [-0.4, -0.2) is 16.6 Å². The first kappa shape index (κ1) is 15.7. The number of carbonyl (C=O) groups is 1. The van der Waals surface area contributed by atoms with Gasteiger partial charge in [-0.15, -0.1) is 0 Å². The Kier molecular flexibility index (Phi) is 4.75. The van der Waals surface area contributed by atoms with E-state index in [1.807, 2.05) is 0 Å². The summed E-state index contributed by atoms with van der Waals surface area (Å²) >= 11 is 0. The minimum atomic E-state index is -1.16. The van der Waals surface area contributed by atoms with Gasteiger partial charge in [-0.05, 0) is 55.7 Å². The molecule has 0 spiro atoms. The largest absolute Gasteiger partial charge is 0.480 e. The van der Waals surface area contributed by atoms with Gasteiger partial charge in [0.2, 0.25) is 0 Å². The zero-order valence-electron chi connectivity index (χ0n) is 12.5. The third-order valence-corrected chi connectivity index (χ3v) is 4.09. The van der Waals surface area contributed by atoms with E-state index in [-0.39, 0.29) is 5.92 Å². The number of aliphatic carboxylic acids is 1. The van der Waals surface area contributed by atoms with Crippen molar-refractivity contribution in [2.75, 3.05) is 0 Å². The summed E-state index contributed by atoms with van der Waals surface area (Å²) in [5, 5.41) is 9.13. The van der Waals surface area contributed by atoms with Crippen LogP contribution in [0.3, 0.4) is 0 Å². The number of carboxylic acids is 1. The molecule has 19 heavy (non-hydrogen) atoms. The Morgan fingerprint density at radius 3 is 2.21 bits per heavy atom. The molecule has 0 bridgehead atoms. The molecule has 0 saturated heterocycles. The summed E-state index contributed by atoms with van der Waals surface area (Å²) in [6, 6.07) is 6.25. The van der Waals surface area contributed by atoms with Gasteiger partial charge in [0.1, 0.15) is 5.54 Å². The van der Waals surface area contributed by atoms with E-state index in [2.05, 4.69) is 45.9 Å². The van der Waals surface area contributed by atoms with Crippen molar-refractivity contribution in [1.29, 1.82) is 0 Å². The molecule has 0 saturated carbocycles. The fourth-order valence-electron chi connectivity index (χ4n) is 2.76. The van der Waals surface area contributed by atoms with Crippen molar-refractivity contribution in [3.8, 4) is 0 Å². The van der Waals surface area contributed by atoms with Gasteiger partial charge >= 0.3 is 5.97 Å². The number of rotatable bonds is 5. The second-order valence-corrected chi connectivity index (χ2v) is 6.00. The molecule has 1 aromatic rings. The van der Waals surface area contributed by atoms with E-state index in [1.165, 1.54) is 16.7 Å². The van der Waals surface area contributed by atoms with Crippen LogP contribution >= 0.6 is 0 Å². The standard InChI is InChI=1S/C16H25NO2/c1-10-7-6-8-11(2)14(10)13(4)12(3)9-16(5,17)15(18)19/h6-8,12-13H,9,17H2,1-5H3,(H,18,19). The summed E-state index contributed by atoms with van der Waals surface area (Å²) in [6.45, 7) is 10.0. The average molecular weight is 263 g/mol. The maximum absolute atomic E-state index is 11.1. The minimum absolute atomic E-state index is 0.214. The smallest absolute Gasteiger partial charge is 0.323 e. The fraction of sp³-hybridized carbons (Fsp3) is 0.562.